The first kappa shape index (κ1) is 7.32. The Morgan fingerprint density at radius 2 is 2.00 bits per heavy atom. The second kappa shape index (κ2) is 2.70. The normalized spacial score (nSPS) is 10.9. The van der Waals surface area contributed by atoms with Crippen molar-refractivity contribution in [3.63, 3.8) is 0 Å². The van der Waals surface area contributed by atoms with Gasteiger partial charge in [-0.2, -0.15) is 0 Å². The van der Waals surface area contributed by atoms with E-state index in [9.17, 15) is 0 Å². The lowest BCUT2D eigenvalue weighted by molar-refractivity contribution is 1.18. The zero-order valence-corrected chi connectivity index (χ0v) is 7.25. The Morgan fingerprint density at radius 3 is 3.00 bits per heavy atom. The van der Waals surface area contributed by atoms with Crippen LogP contribution in [0.25, 0.3) is 21.9 Å². The van der Waals surface area contributed by atoms with Crippen molar-refractivity contribution in [2.75, 3.05) is 0 Å². The van der Waals surface area contributed by atoms with Gasteiger partial charge in [-0.1, -0.05) is 0 Å². The third-order valence-electron chi connectivity index (χ3n) is 2.11. The van der Waals surface area contributed by atoms with Crippen LogP contribution < -0.4 is 0 Å². The highest BCUT2D eigenvalue weighted by molar-refractivity contribution is 6.00. The average Bonchev–Trinajstić information content (AvgIpc) is 2.29. The molecule has 0 aliphatic rings. The van der Waals surface area contributed by atoms with Gasteiger partial charge in [-0.3, -0.25) is 4.98 Å². The Morgan fingerprint density at radius 1 is 1.00 bits per heavy atom. The molecule has 0 saturated carbocycles. The minimum atomic E-state index is 0.686. The SMILES string of the molecule is c1cnc2c(c1)cnc1ncncc12. The first-order chi connectivity index (χ1) is 6.95. The smallest absolute Gasteiger partial charge is 0.164 e. The number of hydrogen-bond donors (Lipinski definition) is 0. The molecule has 4 nitrogen and oxygen atoms in total. The van der Waals surface area contributed by atoms with Crippen LogP contribution in [0.1, 0.15) is 0 Å². The van der Waals surface area contributed by atoms with E-state index >= 15 is 0 Å². The molecule has 3 rings (SSSR count). The van der Waals surface area contributed by atoms with Crippen LogP contribution in [-0.4, -0.2) is 19.9 Å². The standard InChI is InChI=1S/C10H6N4/c1-2-7-4-13-10-8(5-11-6-14-10)9(7)12-3-1/h1-6H. The minimum Gasteiger partial charge on any atom is -0.255 e. The minimum absolute atomic E-state index is 0.686. The summed E-state index contributed by atoms with van der Waals surface area (Å²) in [5, 5.41) is 1.90. The average molecular weight is 182 g/mol. The highest BCUT2D eigenvalue weighted by atomic mass is 14.9. The molecule has 3 aromatic heterocycles. The first-order valence-corrected chi connectivity index (χ1v) is 4.24. The van der Waals surface area contributed by atoms with E-state index < -0.39 is 0 Å². The van der Waals surface area contributed by atoms with Gasteiger partial charge in [0.05, 0.1) is 10.9 Å². The van der Waals surface area contributed by atoms with Crippen molar-refractivity contribution in [3.8, 4) is 0 Å². The molecule has 0 atom stereocenters. The van der Waals surface area contributed by atoms with Gasteiger partial charge in [-0.15, -0.1) is 0 Å². The fraction of sp³-hybridized carbons (Fsp3) is 0. The number of aromatic nitrogens is 4. The predicted octanol–water partition coefficient (Wildman–Crippen LogP) is 1.57. The fourth-order valence-corrected chi connectivity index (χ4v) is 1.47. The van der Waals surface area contributed by atoms with Gasteiger partial charge < -0.3 is 0 Å². The molecular formula is C10H6N4. The van der Waals surface area contributed by atoms with Crippen molar-refractivity contribution in [2.45, 2.75) is 0 Å². The monoisotopic (exact) mass is 182 g/mol. The summed E-state index contributed by atoms with van der Waals surface area (Å²) in [6.45, 7) is 0. The van der Waals surface area contributed by atoms with E-state index in [1.807, 2.05) is 12.1 Å². The summed E-state index contributed by atoms with van der Waals surface area (Å²) >= 11 is 0. The van der Waals surface area contributed by atoms with Crippen LogP contribution in [-0.2, 0) is 0 Å². The van der Waals surface area contributed by atoms with Crippen molar-refractivity contribution in [2.24, 2.45) is 0 Å². The van der Waals surface area contributed by atoms with E-state index in [0.717, 1.165) is 16.3 Å². The molecule has 0 amide bonds. The van der Waals surface area contributed by atoms with Gasteiger partial charge >= 0.3 is 0 Å². The third kappa shape index (κ3) is 0.939. The van der Waals surface area contributed by atoms with Crippen LogP contribution in [0.2, 0.25) is 0 Å². The molecule has 0 spiro atoms. The Bertz CT molecular complexity index is 551. The maximum absolute atomic E-state index is 4.29. The van der Waals surface area contributed by atoms with Crippen LogP contribution in [0, 0.1) is 0 Å². The maximum atomic E-state index is 4.29. The summed E-state index contributed by atoms with van der Waals surface area (Å²) in [4.78, 5) is 16.5. The molecule has 0 fully saturated rings. The number of nitrogens with zero attached hydrogens (tertiary/aromatic N) is 4. The van der Waals surface area contributed by atoms with Crippen molar-refractivity contribution < 1.29 is 0 Å². The van der Waals surface area contributed by atoms with Crippen LogP contribution in [0.3, 0.4) is 0 Å². The summed E-state index contributed by atoms with van der Waals surface area (Å²) in [5.41, 5.74) is 1.59. The van der Waals surface area contributed by atoms with Crippen molar-refractivity contribution in [3.05, 3.63) is 37.1 Å². The third-order valence-corrected chi connectivity index (χ3v) is 2.11. The topological polar surface area (TPSA) is 51.6 Å². The molecule has 0 aromatic carbocycles. The van der Waals surface area contributed by atoms with Crippen LogP contribution in [0.4, 0.5) is 0 Å². The summed E-state index contributed by atoms with van der Waals surface area (Å²) in [7, 11) is 0. The lowest BCUT2D eigenvalue weighted by atomic mass is 10.2. The van der Waals surface area contributed by atoms with Crippen LogP contribution in [0.5, 0.6) is 0 Å². The Balaban J connectivity index is 2.61. The molecule has 14 heavy (non-hydrogen) atoms. The molecule has 0 N–H and O–H groups in total. The number of rotatable bonds is 0. The van der Waals surface area contributed by atoms with Crippen LogP contribution in [0.15, 0.2) is 37.1 Å². The zero-order valence-electron chi connectivity index (χ0n) is 7.25. The fourth-order valence-electron chi connectivity index (χ4n) is 1.47. The summed E-state index contributed by atoms with van der Waals surface area (Å²) < 4.78 is 0. The van der Waals surface area contributed by atoms with Gasteiger partial charge in [-0.05, 0) is 12.1 Å². The Labute approximate surface area is 79.7 Å². The largest absolute Gasteiger partial charge is 0.255 e. The zero-order chi connectivity index (χ0) is 9.38. The van der Waals surface area contributed by atoms with E-state index in [1.54, 1.807) is 18.6 Å². The number of hydrogen-bond acceptors (Lipinski definition) is 4. The highest BCUT2D eigenvalue weighted by Gasteiger charge is 2.01. The van der Waals surface area contributed by atoms with Gasteiger partial charge in [0.25, 0.3) is 0 Å². The van der Waals surface area contributed by atoms with Crippen molar-refractivity contribution >= 4 is 21.9 Å². The number of fused-ring (bicyclic) bond motifs is 3. The summed E-state index contributed by atoms with van der Waals surface area (Å²) in [5.74, 6) is 0. The van der Waals surface area contributed by atoms with Crippen molar-refractivity contribution in [1.82, 2.24) is 19.9 Å². The first-order valence-electron chi connectivity index (χ1n) is 4.24. The molecular weight excluding hydrogens is 176 g/mol. The molecule has 0 aliphatic heterocycles. The van der Waals surface area contributed by atoms with E-state index in [1.165, 1.54) is 6.33 Å². The Kier molecular flexibility index (Phi) is 1.41. The molecule has 0 unspecified atom stereocenters. The van der Waals surface area contributed by atoms with E-state index in [0.29, 0.717) is 5.65 Å². The summed E-state index contributed by atoms with van der Waals surface area (Å²) in [6, 6.07) is 3.86. The van der Waals surface area contributed by atoms with Gasteiger partial charge in [0.15, 0.2) is 5.65 Å². The lowest BCUT2D eigenvalue weighted by Crippen LogP contribution is -1.88. The lowest BCUT2D eigenvalue weighted by Gasteiger charge is -1.99. The van der Waals surface area contributed by atoms with E-state index in [-0.39, 0.29) is 0 Å². The van der Waals surface area contributed by atoms with Crippen LogP contribution >= 0.6 is 0 Å². The molecule has 4 heteroatoms. The molecule has 0 bridgehead atoms. The van der Waals surface area contributed by atoms with E-state index in [2.05, 4.69) is 19.9 Å². The predicted molar refractivity (Wildman–Crippen MR) is 52.6 cm³/mol. The van der Waals surface area contributed by atoms with Crippen molar-refractivity contribution in [1.29, 1.82) is 0 Å². The highest BCUT2D eigenvalue weighted by Crippen LogP contribution is 2.17. The van der Waals surface area contributed by atoms with Gasteiger partial charge in [-0.25, -0.2) is 15.0 Å². The molecule has 3 aromatic rings. The van der Waals surface area contributed by atoms with E-state index in [4.69, 9.17) is 0 Å². The molecule has 3 heterocycles. The number of pyridine rings is 2. The Hall–Kier alpha value is -2.10. The molecule has 0 saturated heterocycles. The summed E-state index contributed by atoms with van der Waals surface area (Å²) in [6.07, 6.45) is 6.77. The molecule has 66 valence electrons. The quantitative estimate of drug-likeness (QED) is 0.495. The maximum Gasteiger partial charge on any atom is 0.164 e. The van der Waals surface area contributed by atoms with Gasteiger partial charge in [0, 0.05) is 24.0 Å². The second-order valence-corrected chi connectivity index (χ2v) is 2.96. The second-order valence-electron chi connectivity index (χ2n) is 2.96. The molecule has 0 aliphatic carbocycles. The van der Waals surface area contributed by atoms with Gasteiger partial charge in [0.1, 0.15) is 6.33 Å². The molecule has 0 radical (unpaired) electrons. The van der Waals surface area contributed by atoms with Gasteiger partial charge in [0.2, 0.25) is 0 Å².